The molecule has 0 aliphatic carbocycles. The van der Waals surface area contributed by atoms with Crippen LogP contribution in [0.25, 0.3) is 11.4 Å². The Morgan fingerprint density at radius 2 is 1.96 bits per heavy atom. The van der Waals surface area contributed by atoms with Gasteiger partial charge in [0, 0.05) is 12.4 Å². The van der Waals surface area contributed by atoms with Crippen LogP contribution >= 0.6 is 11.8 Å². The molecule has 0 N–H and O–H groups in total. The summed E-state index contributed by atoms with van der Waals surface area (Å²) in [6, 6.07) is 6.89. The number of aromatic nitrogens is 3. The number of rotatable bonds is 6. The monoisotopic (exact) mass is 361 g/mol. The van der Waals surface area contributed by atoms with E-state index in [-0.39, 0.29) is 10.9 Å². The number of nitrogens with zero attached hydrogens (tertiary/aromatic N) is 3. The molecule has 0 aliphatic heterocycles. The highest BCUT2D eigenvalue weighted by molar-refractivity contribution is 7.99. The van der Waals surface area contributed by atoms with Gasteiger partial charge in [0.05, 0.1) is 17.1 Å². The molecule has 2 aromatic heterocycles. The Balaban J connectivity index is 1.87. The van der Waals surface area contributed by atoms with Crippen LogP contribution in [-0.2, 0) is 9.53 Å². The number of hydrogen-bond donors (Lipinski definition) is 0. The summed E-state index contributed by atoms with van der Waals surface area (Å²) < 4.78 is 52.8. The second-order valence-electron chi connectivity index (χ2n) is 4.42. The Labute approximate surface area is 138 Å². The van der Waals surface area contributed by atoms with Crippen LogP contribution in [0, 0.1) is 0 Å². The van der Waals surface area contributed by atoms with Gasteiger partial charge in [0.2, 0.25) is 6.17 Å². The number of hydrogen-bond acceptors (Lipinski definition) is 6. The van der Waals surface area contributed by atoms with Crippen molar-refractivity contribution in [2.75, 3.05) is 12.4 Å². The van der Waals surface area contributed by atoms with Crippen molar-refractivity contribution in [1.82, 2.24) is 15.0 Å². The molecule has 1 atom stereocenters. The fourth-order valence-corrected chi connectivity index (χ4v) is 2.12. The molecule has 0 spiro atoms. The van der Waals surface area contributed by atoms with E-state index in [1.807, 2.05) is 0 Å². The summed E-state index contributed by atoms with van der Waals surface area (Å²) in [5.41, 5.74) is 1.14. The van der Waals surface area contributed by atoms with E-state index in [0.29, 0.717) is 11.4 Å². The molecule has 0 bridgehead atoms. The standard InChI is InChI=1S/C14H11F4N3O2S/c15-11(14(16,17)18)7-23-12(22)8-24-13-20-6-4-10(21-13)9-3-1-2-5-19-9/h1-6,11H,7-8H2. The number of pyridine rings is 1. The molecule has 0 amide bonds. The van der Waals surface area contributed by atoms with Crippen molar-refractivity contribution in [3.63, 3.8) is 0 Å². The van der Waals surface area contributed by atoms with Crippen molar-refractivity contribution in [3.8, 4) is 11.4 Å². The number of esters is 1. The summed E-state index contributed by atoms with van der Waals surface area (Å²) in [6.07, 6.45) is -5.19. The molecule has 24 heavy (non-hydrogen) atoms. The van der Waals surface area contributed by atoms with E-state index in [1.54, 1.807) is 30.5 Å². The molecule has 0 radical (unpaired) electrons. The molecular formula is C14H11F4N3O2S. The number of carbonyl (C=O) groups is 1. The van der Waals surface area contributed by atoms with Crippen LogP contribution in [-0.4, -0.2) is 45.6 Å². The molecule has 128 valence electrons. The average molecular weight is 361 g/mol. The predicted octanol–water partition coefficient (Wildman–Crippen LogP) is 3.07. The SMILES string of the molecule is O=C(CSc1nccc(-c2ccccn2)n1)OCC(F)C(F)(F)F. The zero-order chi connectivity index (χ0) is 17.6. The van der Waals surface area contributed by atoms with Gasteiger partial charge in [-0.3, -0.25) is 9.78 Å². The molecule has 5 nitrogen and oxygen atoms in total. The van der Waals surface area contributed by atoms with Gasteiger partial charge in [-0.2, -0.15) is 13.2 Å². The van der Waals surface area contributed by atoms with Gasteiger partial charge in [-0.25, -0.2) is 14.4 Å². The van der Waals surface area contributed by atoms with Crippen LogP contribution in [0.1, 0.15) is 0 Å². The highest BCUT2D eigenvalue weighted by Crippen LogP contribution is 2.23. The lowest BCUT2D eigenvalue weighted by Crippen LogP contribution is -2.30. The van der Waals surface area contributed by atoms with Gasteiger partial charge in [-0.1, -0.05) is 17.8 Å². The highest BCUT2D eigenvalue weighted by Gasteiger charge is 2.41. The molecule has 0 fully saturated rings. The van der Waals surface area contributed by atoms with Gasteiger partial charge in [0.1, 0.15) is 6.61 Å². The summed E-state index contributed by atoms with van der Waals surface area (Å²) in [5, 5.41) is 0.225. The van der Waals surface area contributed by atoms with Gasteiger partial charge in [0.15, 0.2) is 5.16 Å². The third-order valence-electron chi connectivity index (χ3n) is 2.63. The molecule has 1 unspecified atom stereocenters. The molecule has 0 saturated heterocycles. The lowest BCUT2D eigenvalue weighted by molar-refractivity contribution is -0.194. The smallest absolute Gasteiger partial charge is 0.423 e. The first-order valence-corrected chi connectivity index (χ1v) is 7.58. The fourth-order valence-electron chi connectivity index (χ4n) is 1.49. The van der Waals surface area contributed by atoms with Crippen LogP contribution in [0.15, 0.2) is 41.8 Å². The first kappa shape index (κ1) is 18.1. The van der Waals surface area contributed by atoms with Gasteiger partial charge < -0.3 is 4.74 Å². The topological polar surface area (TPSA) is 65.0 Å². The lowest BCUT2D eigenvalue weighted by Gasteiger charge is -2.12. The Bertz CT molecular complexity index is 685. The third-order valence-corrected chi connectivity index (χ3v) is 3.46. The summed E-state index contributed by atoms with van der Waals surface area (Å²) in [6.45, 7) is -1.36. The van der Waals surface area contributed by atoms with E-state index in [4.69, 9.17) is 0 Å². The molecule has 2 rings (SSSR count). The zero-order valence-corrected chi connectivity index (χ0v) is 12.9. The Kier molecular flexibility index (Phi) is 6.07. The number of alkyl halides is 4. The average Bonchev–Trinajstić information content (AvgIpc) is 2.58. The van der Waals surface area contributed by atoms with Crippen LogP contribution in [0.2, 0.25) is 0 Å². The molecule has 10 heteroatoms. The highest BCUT2D eigenvalue weighted by atomic mass is 32.2. The number of carbonyl (C=O) groups excluding carboxylic acids is 1. The van der Waals surface area contributed by atoms with Crippen LogP contribution in [0.5, 0.6) is 0 Å². The normalized spacial score (nSPS) is 12.7. The van der Waals surface area contributed by atoms with Crippen LogP contribution in [0.3, 0.4) is 0 Å². The largest absolute Gasteiger partial charge is 0.462 e. The van der Waals surface area contributed by atoms with E-state index in [9.17, 15) is 22.4 Å². The maximum Gasteiger partial charge on any atom is 0.423 e. The van der Waals surface area contributed by atoms with E-state index < -0.39 is 24.9 Å². The molecule has 2 aromatic rings. The predicted molar refractivity (Wildman–Crippen MR) is 77.9 cm³/mol. The summed E-state index contributed by atoms with van der Waals surface area (Å²) in [5.74, 6) is -1.32. The second-order valence-corrected chi connectivity index (χ2v) is 5.36. The van der Waals surface area contributed by atoms with Gasteiger partial charge in [-0.15, -0.1) is 0 Å². The summed E-state index contributed by atoms with van der Waals surface area (Å²) >= 11 is 0.868. The van der Waals surface area contributed by atoms with Crippen molar-refractivity contribution in [3.05, 3.63) is 36.7 Å². The van der Waals surface area contributed by atoms with E-state index >= 15 is 0 Å². The second kappa shape index (κ2) is 8.04. The molecular weight excluding hydrogens is 350 g/mol. The van der Waals surface area contributed by atoms with E-state index in [2.05, 4.69) is 19.7 Å². The minimum Gasteiger partial charge on any atom is -0.462 e. The molecule has 0 aliphatic rings. The maximum atomic E-state index is 12.6. The molecule has 2 heterocycles. The summed E-state index contributed by atoms with van der Waals surface area (Å²) in [7, 11) is 0. The van der Waals surface area contributed by atoms with Crippen molar-refractivity contribution >= 4 is 17.7 Å². The van der Waals surface area contributed by atoms with Crippen molar-refractivity contribution < 1.29 is 27.1 Å². The van der Waals surface area contributed by atoms with E-state index in [0.717, 1.165) is 11.8 Å². The lowest BCUT2D eigenvalue weighted by atomic mass is 10.3. The van der Waals surface area contributed by atoms with Crippen molar-refractivity contribution in [2.24, 2.45) is 0 Å². The van der Waals surface area contributed by atoms with Crippen molar-refractivity contribution in [1.29, 1.82) is 0 Å². The van der Waals surface area contributed by atoms with E-state index in [1.165, 1.54) is 6.20 Å². The number of halogens is 4. The van der Waals surface area contributed by atoms with Gasteiger partial charge >= 0.3 is 12.1 Å². The Morgan fingerprint density at radius 3 is 2.62 bits per heavy atom. The number of thioether (sulfide) groups is 1. The van der Waals surface area contributed by atoms with Crippen molar-refractivity contribution in [2.45, 2.75) is 17.5 Å². The minimum atomic E-state index is -5.05. The van der Waals surface area contributed by atoms with Crippen LogP contribution < -0.4 is 0 Å². The van der Waals surface area contributed by atoms with Crippen LogP contribution in [0.4, 0.5) is 17.6 Å². The molecule has 0 aromatic carbocycles. The third kappa shape index (κ3) is 5.44. The first-order chi connectivity index (χ1) is 11.4. The first-order valence-electron chi connectivity index (χ1n) is 6.60. The Hall–Kier alpha value is -2.23. The molecule has 0 saturated carbocycles. The fraction of sp³-hybridized carbons (Fsp3) is 0.286. The maximum absolute atomic E-state index is 12.6. The van der Waals surface area contributed by atoms with Gasteiger partial charge in [0.25, 0.3) is 0 Å². The zero-order valence-electron chi connectivity index (χ0n) is 12.0. The Morgan fingerprint density at radius 1 is 1.17 bits per heavy atom. The summed E-state index contributed by atoms with van der Waals surface area (Å²) in [4.78, 5) is 23.6. The number of ether oxygens (including phenoxy) is 1. The quantitative estimate of drug-likeness (QED) is 0.341. The van der Waals surface area contributed by atoms with Gasteiger partial charge in [-0.05, 0) is 18.2 Å². The minimum absolute atomic E-state index is 0.225.